The Morgan fingerprint density at radius 3 is 2.17 bits per heavy atom. The molecule has 0 bridgehead atoms. The molecule has 0 aliphatic rings. The quantitative estimate of drug-likeness (QED) is 0.812. The summed E-state index contributed by atoms with van der Waals surface area (Å²) >= 11 is 0. The van der Waals surface area contributed by atoms with E-state index in [0.717, 1.165) is 0 Å². The fraction of sp³-hybridized carbons (Fsp3) is 0.500. The van der Waals surface area contributed by atoms with Crippen LogP contribution in [-0.4, -0.2) is 31.7 Å². The summed E-state index contributed by atoms with van der Waals surface area (Å²) in [6.07, 6.45) is -7.12. The van der Waals surface area contributed by atoms with Crippen LogP contribution in [0, 0.1) is 20.8 Å². The van der Waals surface area contributed by atoms with Gasteiger partial charge in [0.25, 0.3) is 0 Å². The highest BCUT2D eigenvalue weighted by atomic mass is 19.4. The summed E-state index contributed by atoms with van der Waals surface area (Å²) in [5.74, 6) is -1.09. The van der Waals surface area contributed by atoms with E-state index >= 15 is 0 Å². The summed E-state index contributed by atoms with van der Waals surface area (Å²) < 4.78 is 47.6. The van der Waals surface area contributed by atoms with Crippen molar-refractivity contribution in [3.63, 3.8) is 0 Å². The zero-order valence-electron chi connectivity index (χ0n) is 13.4. The van der Waals surface area contributed by atoms with E-state index in [4.69, 9.17) is 4.74 Å². The lowest BCUT2D eigenvalue weighted by Gasteiger charge is -2.21. The number of hydrogen-bond acceptors (Lipinski definition) is 4. The number of esters is 1. The monoisotopic (exact) mass is 330 g/mol. The number of ether oxygens (including phenoxy) is 1. The van der Waals surface area contributed by atoms with Gasteiger partial charge < -0.3 is 4.74 Å². The zero-order valence-corrected chi connectivity index (χ0v) is 13.4. The molecule has 1 atom stereocenters. The number of nitrogens with zero attached hydrogens (tertiary/aromatic N) is 4. The number of alkyl halides is 3. The van der Waals surface area contributed by atoms with Gasteiger partial charge in [0.1, 0.15) is 5.69 Å². The second-order valence-corrected chi connectivity index (χ2v) is 5.33. The van der Waals surface area contributed by atoms with Crippen molar-refractivity contribution in [2.45, 2.75) is 33.1 Å². The average molecular weight is 330 g/mol. The fourth-order valence-corrected chi connectivity index (χ4v) is 2.43. The van der Waals surface area contributed by atoms with Gasteiger partial charge in [-0.2, -0.15) is 23.4 Å². The molecule has 2 rings (SSSR count). The van der Waals surface area contributed by atoms with Crippen molar-refractivity contribution in [2.75, 3.05) is 0 Å². The minimum absolute atomic E-state index is 0.0454. The molecule has 0 spiro atoms. The van der Waals surface area contributed by atoms with Gasteiger partial charge in [-0.05, 0) is 26.8 Å². The molecule has 0 aliphatic heterocycles. The number of halogens is 3. The first kappa shape index (κ1) is 17.0. The van der Waals surface area contributed by atoms with Crippen molar-refractivity contribution in [1.29, 1.82) is 0 Å². The predicted octanol–water partition coefficient (Wildman–Crippen LogP) is 2.54. The van der Waals surface area contributed by atoms with E-state index in [9.17, 15) is 18.0 Å². The molecule has 0 saturated carbocycles. The molecule has 0 amide bonds. The molecule has 2 heterocycles. The first-order valence-corrected chi connectivity index (χ1v) is 6.80. The molecule has 0 N–H and O–H groups in total. The molecule has 0 radical (unpaired) electrons. The topological polar surface area (TPSA) is 61.9 Å². The molecule has 0 aliphatic carbocycles. The largest absolute Gasteiger partial charge is 0.443 e. The number of aromatic nitrogens is 4. The van der Waals surface area contributed by atoms with E-state index < -0.39 is 18.2 Å². The van der Waals surface area contributed by atoms with Gasteiger partial charge in [0.15, 0.2) is 0 Å². The van der Waals surface area contributed by atoms with Crippen LogP contribution >= 0.6 is 0 Å². The predicted molar refractivity (Wildman–Crippen MR) is 74.8 cm³/mol. The van der Waals surface area contributed by atoms with Crippen LogP contribution in [0.2, 0.25) is 0 Å². The summed E-state index contributed by atoms with van der Waals surface area (Å²) in [5, 5.41) is 7.89. The van der Waals surface area contributed by atoms with Crippen LogP contribution in [0.5, 0.6) is 0 Å². The maximum Gasteiger partial charge on any atom is 0.430 e. The first-order chi connectivity index (χ1) is 10.5. The average Bonchev–Trinajstić information content (AvgIpc) is 2.86. The van der Waals surface area contributed by atoms with Crippen molar-refractivity contribution >= 4 is 5.97 Å². The summed E-state index contributed by atoms with van der Waals surface area (Å²) in [7, 11) is 3.00. The van der Waals surface area contributed by atoms with Crippen molar-refractivity contribution in [1.82, 2.24) is 19.6 Å². The summed E-state index contributed by atoms with van der Waals surface area (Å²) in [6.45, 7) is 4.58. The third-order valence-corrected chi connectivity index (χ3v) is 3.56. The Balaban J connectivity index is 2.41. The van der Waals surface area contributed by atoms with Gasteiger partial charge >= 0.3 is 12.1 Å². The van der Waals surface area contributed by atoms with Gasteiger partial charge in [-0.15, -0.1) is 0 Å². The SMILES string of the molecule is Cc1cc(C(=O)OC(c2c(C)nn(C)c2C)C(F)(F)F)n(C)n1. The van der Waals surface area contributed by atoms with E-state index in [2.05, 4.69) is 10.2 Å². The maximum absolute atomic E-state index is 13.4. The van der Waals surface area contributed by atoms with Gasteiger partial charge in [0, 0.05) is 25.4 Å². The van der Waals surface area contributed by atoms with Crippen molar-refractivity contribution < 1.29 is 22.7 Å². The van der Waals surface area contributed by atoms with Crippen LogP contribution in [-0.2, 0) is 18.8 Å². The molecule has 0 fully saturated rings. The number of rotatable bonds is 3. The van der Waals surface area contributed by atoms with Crippen LogP contribution in [0.15, 0.2) is 6.07 Å². The van der Waals surface area contributed by atoms with Crippen LogP contribution in [0.25, 0.3) is 0 Å². The molecule has 0 aromatic carbocycles. The molecule has 2 aromatic rings. The lowest BCUT2D eigenvalue weighted by Crippen LogP contribution is -2.28. The number of carbonyl (C=O) groups excluding carboxylic acids is 1. The highest BCUT2D eigenvalue weighted by Gasteiger charge is 2.47. The third kappa shape index (κ3) is 3.22. The number of hydrogen-bond donors (Lipinski definition) is 0. The normalized spacial score (nSPS) is 13.2. The van der Waals surface area contributed by atoms with Crippen LogP contribution in [0.4, 0.5) is 13.2 Å². The molecule has 1 unspecified atom stereocenters. The van der Waals surface area contributed by atoms with E-state index in [1.807, 2.05) is 0 Å². The molecule has 2 aromatic heterocycles. The van der Waals surface area contributed by atoms with Gasteiger partial charge in [0.2, 0.25) is 6.10 Å². The van der Waals surface area contributed by atoms with Crippen LogP contribution in [0.1, 0.15) is 39.2 Å². The zero-order chi connectivity index (χ0) is 17.5. The van der Waals surface area contributed by atoms with E-state index in [1.165, 1.54) is 43.4 Å². The van der Waals surface area contributed by atoms with E-state index in [1.54, 1.807) is 6.92 Å². The number of carbonyl (C=O) groups is 1. The standard InChI is InChI=1S/C14H17F3N4O2/c1-7-6-10(21(5)18-7)13(22)23-12(14(15,16)17)11-8(2)19-20(4)9(11)3/h6,12H,1-5H3. The first-order valence-electron chi connectivity index (χ1n) is 6.80. The number of aryl methyl sites for hydroxylation is 4. The molecule has 23 heavy (non-hydrogen) atoms. The molecule has 0 saturated heterocycles. The summed E-state index contributed by atoms with van der Waals surface area (Å²) in [4.78, 5) is 12.1. The molecular weight excluding hydrogens is 313 g/mol. The van der Waals surface area contributed by atoms with Crippen molar-refractivity contribution in [3.8, 4) is 0 Å². The highest BCUT2D eigenvalue weighted by molar-refractivity contribution is 5.87. The third-order valence-electron chi connectivity index (χ3n) is 3.56. The lowest BCUT2D eigenvalue weighted by atomic mass is 10.1. The van der Waals surface area contributed by atoms with Gasteiger partial charge in [-0.3, -0.25) is 9.36 Å². The van der Waals surface area contributed by atoms with Gasteiger partial charge in [-0.1, -0.05) is 0 Å². The minimum Gasteiger partial charge on any atom is -0.443 e. The molecule has 9 heteroatoms. The Kier molecular flexibility index (Phi) is 4.23. The second kappa shape index (κ2) is 5.71. The molecule has 6 nitrogen and oxygen atoms in total. The van der Waals surface area contributed by atoms with Gasteiger partial charge in [0.05, 0.1) is 11.4 Å². The minimum atomic E-state index is -4.75. The smallest absolute Gasteiger partial charge is 0.430 e. The summed E-state index contributed by atoms with van der Waals surface area (Å²) in [5.41, 5.74) is 0.778. The Morgan fingerprint density at radius 2 is 1.78 bits per heavy atom. The highest BCUT2D eigenvalue weighted by Crippen LogP contribution is 2.39. The van der Waals surface area contributed by atoms with E-state index in [0.29, 0.717) is 11.4 Å². The Bertz CT molecular complexity index is 746. The maximum atomic E-state index is 13.4. The van der Waals surface area contributed by atoms with E-state index in [-0.39, 0.29) is 17.0 Å². The fourth-order valence-electron chi connectivity index (χ4n) is 2.43. The van der Waals surface area contributed by atoms with Crippen molar-refractivity contribution in [3.05, 3.63) is 34.4 Å². The van der Waals surface area contributed by atoms with Crippen molar-refractivity contribution in [2.24, 2.45) is 14.1 Å². The second-order valence-electron chi connectivity index (χ2n) is 5.33. The lowest BCUT2D eigenvalue weighted by molar-refractivity contribution is -0.207. The van der Waals surface area contributed by atoms with Crippen LogP contribution < -0.4 is 0 Å². The Labute approximate surface area is 130 Å². The van der Waals surface area contributed by atoms with Gasteiger partial charge in [-0.25, -0.2) is 4.79 Å². The van der Waals surface area contributed by atoms with Crippen LogP contribution in [0.3, 0.4) is 0 Å². The molecular formula is C14H17F3N4O2. The Hall–Kier alpha value is -2.32. The Morgan fingerprint density at radius 1 is 1.17 bits per heavy atom. The molecule has 126 valence electrons. The summed E-state index contributed by atoms with van der Waals surface area (Å²) in [6, 6.07) is 1.37.